The Morgan fingerprint density at radius 1 is 0.969 bits per heavy atom. The third-order valence-corrected chi connectivity index (χ3v) is 7.21. The molecular weight excluding hydrogens is 442 g/mol. The summed E-state index contributed by atoms with van der Waals surface area (Å²) in [6.45, 7) is 6.17. The number of ether oxygens (including phenoxy) is 1. The number of rotatable bonds is 7. The van der Waals surface area contributed by atoms with Crippen LogP contribution in [0.2, 0.25) is 0 Å². The van der Waals surface area contributed by atoms with Crippen LogP contribution in [0.4, 0.5) is 17.1 Å². The molecule has 32 heavy (non-hydrogen) atoms. The molecule has 0 amide bonds. The lowest BCUT2D eigenvalue weighted by Crippen LogP contribution is -2.30. The molecule has 3 rings (SSSR count). The minimum Gasteiger partial charge on any atom is -0.495 e. The molecule has 0 aliphatic carbocycles. The molecule has 0 saturated carbocycles. The van der Waals surface area contributed by atoms with E-state index in [1.54, 1.807) is 25.1 Å². The van der Waals surface area contributed by atoms with Crippen molar-refractivity contribution < 1.29 is 13.2 Å². The highest BCUT2D eigenvalue weighted by molar-refractivity contribution is 7.92. The fourth-order valence-electron chi connectivity index (χ4n) is 3.26. The second kappa shape index (κ2) is 10.0. The normalized spacial score (nSPS) is 11.0. The van der Waals surface area contributed by atoms with Crippen LogP contribution in [-0.2, 0) is 10.0 Å². The van der Waals surface area contributed by atoms with Crippen molar-refractivity contribution >= 4 is 44.4 Å². The Balaban J connectivity index is 1.89. The molecule has 0 aliphatic heterocycles. The molecule has 0 aromatic heterocycles. The van der Waals surface area contributed by atoms with Crippen LogP contribution in [0.3, 0.4) is 0 Å². The van der Waals surface area contributed by atoms with Crippen molar-refractivity contribution in [3.8, 4) is 5.75 Å². The van der Waals surface area contributed by atoms with Gasteiger partial charge in [0.25, 0.3) is 10.0 Å². The predicted molar refractivity (Wildman–Crippen MR) is 135 cm³/mol. The third kappa shape index (κ3) is 5.20. The molecule has 0 aliphatic rings. The molecule has 168 valence electrons. The van der Waals surface area contributed by atoms with Crippen LogP contribution in [0, 0.1) is 13.8 Å². The maximum absolute atomic E-state index is 13.4. The van der Waals surface area contributed by atoms with Crippen LogP contribution in [0.15, 0.2) is 71.6 Å². The SMILES string of the molecule is CCN(c1ccccc1)S(=O)(=O)c1ccc(OC)c(NC(=S)Nc2ccc(C)c(C)c2)c1. The fraction of sp³-hybridized carbons (Fsp3) is 0.208. The Hall–Kier alpha value is -3.10. The van der Waals surface area contributed by atoms with E-state index in [4.69, 9.17) is 17.0 Å². The molecule has 8 heteroatoms. The number of methoxy groups -OCH3 is 1. The van der Waals surface area contributed by atoms with Crippen molar-refractivity contribution in [2.24, 2.45) is 0 Å². The largest absolute Gasteiger partial charge is 0.495 e. The summed E-state index contributed by atoms with van der Waals surface area (Å²) in [5.41, 5.74) is 4.23. The summed E-state index contributed by atoms with van der Waals surface area (Å²) in [5, 5.41) is 6.53. The highest BCUT2D eigenvalue weighted by Crippen LogP contribution is 2.31. The summed E-state index contributed by atoms with van der Waals surface area (Å²) in [7, 11) is -2.26. The number of benzene rings is 3. The van der Waals surface area contributed by atoms with Gasteiger partial charge >= 0.3 is 0 Å². The van der Waals surface area contributed by atoms with E-state index in [2.05, 4.69) is 10.6 Å². The Morgan fingerprint density at radius 2 is 1.69 bits per heavy atom. The topological polar surface area (TPSA) is 70.7 Å². The Kier molecular flexibility index (Phi) is 7.37. The molecule has 0 bridgehead atoms. The van der Waals surface area contributed by atoms with E-state index in [1.807, 2.05) is 50.2 Å². The molecule has 0 heterocycles. The van der Waals surface area contributed by atoms with Crippen molar-refractivity contribution in [3.05, 3.63) is 77.9 Å². The number of aryl methyl sites for hydroxylation is 2. The van der Waals surface area contributed by atoms with Gasteiger partial charge in [-0.05, 0) is 86.6 Å². The summed E-state index contributed by atoms with van der Waals surface area (Å²) in [5.74, 6) is 0.482. The molecule has 3 aromatic carbocycles. The van der Waals surface area contributed by atoms with E-state index in [1.165, 1.54) is 29.1 Å². The van der Waals surface area contributed by atoms with Crippen LogP contribution < -0.4 is 19.7 Å². The van der Waals surface area contributed by atoms with Crippen LogP contribution in [0.25, 0.3) is 0 Å². The number of nitrogens with one attached hydrogen (secondary N) is 2. The first-order valence-electron chi connectivity index (χ1n) is 10.2. The lowest BCUT2D eigenvalue weighted by Gasteiger charge is -2.23. The van der Waals surface area contributed by atoms with Crippen molar-refractivity contribution in [2.75, 3.05) is 28.6 Å². The average molecular weight is 470 g/mol. The van der Waals surface area contributed by atoms with Gasteiger partial charge < -0.3 is 15.4 Å². The van der Waals surface area contributed by atoms with Crippen molar-refractivity contribution in [3.63, 3.8) is 0 Å². The fourth-order valence-corrected chi connectivity index (χ4v) is 4.99. The average Bonchev–Trinajstić information content (AvgIpc) is 2.77. The van der Waals surface area contributed by atoms with Crippen LogP contribution >= 0.6 is 12.2 Å². The molecule has 6 nitrogen and oxygen atoms in total. The first-order valence-corrected chi connectivity index (χ1v) is 12.0. The molecule has 0 radical (unpaired) electrons. The minimum atomic E-state index is -3.78. The van der Waals surface area contributed by atoms with Gasteiger partial charge in [-0.2, -0.15) is 0 Å². The standard InChI is InChI=1S/C24H27N3O3S2/c1-5-27(20-9-7-6-8-10-20)32(28,29)21-13-14-23(30-4)22(16-21)26-24(31)25-19-12-11-17(2)18(3)15-19/h6-16H,5H2,1-4H3,(H2,25,26,31). The Labute approximate surface area is 195 Å². The van der Waals surface area contributed by atoms with Crippen molar-refractivity contribution in [1.82, 2.24) is 0 Å². The second-order valence-electron chi connectivity index (χ2n) is 7.25. The lowest BCUT2D eigenvalue weighted by atomic mass is 10.1. The highest BCUT2D eigenvalue weighted by Gasteiger charge is 2.25. The van der Waals surface area contributed by atoms with Gasteiger partial charge in [0.05, 0.1) is 23.4 Å². The summed E-state index contributed by atoms with van der Waals surface area (Å²) in [6.07, 6.45) is 0. The molecule has 0 unspecified atom stereocenters. The number of sulfonamides is 1. The van der Waals surface area contributed by atoms with E-state index < -0.39 is 10.0 Å². The number of thiocarbonyl (C=S) groups is 1. The van der Waals surface area contributed by atoms with Crippen molar-refractivity contribution in [1.29, 1.82) is 0 Å². The van der Waals surface area contributed by atoms with Gasteiger partial charge in [0.1, 0.15) is 5.75 Å². The smallest absolute Gasteiger partial charge is 0.264 e. The predicted octanol–water partition coefficient (Wildman–Crippen LogP) is 5.34. The van der Waals surface area contributed by atoms with E-state index in [9.17, 15) is 8.42 Å². The quantitative estimate of drug-likeness (QED) is 0.456. The van der Waals surface area contributed by atoms with Gasteiger partial charge in [0, 0.05) is 12.2 Å². The zero-order chi connectivity index (χ0) is 23.3. The molecule has 0 spiro atoms. The molecule has 0 saturated heterocycles. The summed E-state index contributed by atoms with van der Waals surface area (Å²) < 4.78 is 33.5. The first-order chi connectivity index (χ1) is 15.3. The maximum Gasteiger partial charge on any atom is 0.264 e. The third-order valence-electron chi connectivity index (χ3n) is 5.10. The number of nitrogens with zero attached hydrogens (tertiary/aromatic N) is 1. The molecular formula is C24H27N3O3S2. The van der Waals surface area contributed by atoms with Gasteiger partial charge in [0.2, 0.25) is 0 Å². The summed E-state index contributed by atoms with van der Waals surface area (Å²) >= 11 is 5.45. The zero-order valence-corrected chi connectivity index (χ0v) is 20.2. The Bertz CT molecular complexity index is 1210. The van der Waals surface area contributed by atoms with E-state index in [0.717, 1.165) is 11.3 Å². The van der Waals surface area contributed by atoms with Crippen LogP contribution in [-0.4, -0.2) is 27.2 Å². The number of hydrogen-bond acceptors (Lipinski definition) is 4. The van der Waals surface area contributed by atoms with Gasteiger partial charge in [0.15, 0.2) is 5.11 Å². The summed E-state index contributed by atoms with van der Waals surface area (Å²) in [6, 6.07) is 19.6. The van der Waals surface area contributed by atoms with Crippen LogP contribution in [0.5, 0.6) is 5.75 Å². The Morgan fingerprint density at radius 3 is 2.31 bits per heavy atom. The monoisotopic (exact) mass is 469 g/mol. The van der Waals surface area contributed by atoms with E-state index >= 15 is 0 Å². The van der Waals surface area contributed by atoms with Crippen molar-refractivity contribution in [2.45, 2.75) is 25.7 Å². The number of para-hydroxylation sites is 1. The van der Waals surface area contributed by atoms with E-state index in [0.29, 0.717) is 28.8 Å². The number of hydrogen-bond donors (Lipinski definition) is 2. The van der Waals surface area contributed by atoms with Gasteiger partial charge in [-0.3, -0.25) is 4.31 Å². The first kappa shape index (κ1) is 23.6. The molecule has 0 atom stereocenters. The lowest BCUT2D eigenvalue weighted by molar-refractivity contribution is 0.416. The van der Waals surface area contributed by atoms with Gasteiger partial charge in [-0.25, -0.2) is 8.42 Å². The number of anilines is 3. The highest BCUT2D eigenvalue weighted by atomic mass is 32.2. The zero-order valence-electron chi connectivity index (χ0n) is 18.5. The van der Waals surface area contributed by atoms with E-state index in [-0.39, 0.29) is 4.90 Å². The molecule has 0 fully saturated rings. The molecule has 3 aromatic rings. The minimum absolute atomic E-state index is 0.139. The van der Waals surface area contributed by atoms with Crippen LogP contribution in [0.1, 0.15) is 18.1 Å². The second-order valence-corrected chi connectivity index (χ2v) is 9.52. The summed E-state index contributed by atoms with van der Waals surface area (Å²) in [4.78, 5) is 0.139. The molecule has 2 N–H and O–H groups in total. The van der Waals surface area contributed by atoms with Gasteiger partial charge in [-0.15, -0.1) is 0 Å². The maximum atomic E-state index is 13.4. The van der Waals surface area contributed by atoms with Gasteiger partial charge in [-0.1, -0.05) is 24.3 Å².